The van der Waals surface area contributed by atoms with Crippen LogP contribution in [-0.4, -0.2) is 28.8 Å². The van der Waals surface area contributed by atoms with Gasteiger partial charge in [0.05, 0.1) is 5.56 Å². The molecule has 1 unspecified atom stereocenters. The third-order valence-corrected chi connectivity index (χ3v) is 8.31. The van der Waals surface area contributed by atoms with Crippen molar-refractivity contribution in [2.24, 2.45) is 0 Å². The van der Waals surface area contributed by atoms with Crippen LogP contribution in [0.25, 0.3) is 6.08 Å². The van der Waals surface area contributed by atoms with Gasteiger partial charge in [-0.3, -0.25) is 14.4 Å². The molecule has 0 aliphatic carbocycles. The molecule has 5 aromatic rings. The highest BCUT2D eigenvalue weighted by Crippen LogP contribution is 2.37. The summed E-state index contributed by atoms with van der Waals surface area (Å²) >= 11 is 7.32. The Morgan fingerprint density at radius 2 is 1.32 bits per heavy atom. The van der Waals surface area contributed by atoms with Gasteiger partial charge in [-0.05, 0) is 83.9 Å². The van der Waals surface area contributed by atoms with Crippen molar-refractivity contribution >= 4 is 64.5 Å². The molecule has 0 spiro atoms. The molecule has 0 radical (unpaired) electrons. The number of rotatable bonds is 11. The average Bonchev–Trinajstić information content (AvgIpc) is 3.09. The van der Waals surface area contributed by atoms with E-state index < -0.39 is 23.0 Å². The van der Waals surface area contributed by atoms with E-state index in [9.17, 15) is 24.3 Å². The number of carboxylic acid groups (broad SMARTS) is 1. The number of carboxylic acids is 1. The van der Waals surface area contributed by atoms with Crippen molar-refractivity contribution in [2.75, 3.05) is 10.6 Å². The van der Waals surface area contributed by atoms with Gasteiger partial charge in [0, 0.05) is 26.9 Å². The SMILES string of the molecule is O=C(Nc1ccc(SC(C(=O)Nc2cccc(C(=O)O)c2)c2ccccc2)cc1)/C(=C/c1ccc(Cl)cc1)NC(=O)c1ccccc1. The van der Waals surface area contributed by atoms with Crippen LogP contribution in [0.3, 0.4) is 0 Å². The zero-order valence-electron chi connectivity index (χ0n) is 24.7. The van der Waals surface area contributed by atoms with E-state index in [4.69, 9.17) is 11.6 Å². The zero-order chi connectivity index (χ0) is 33.2. The molecule has 0 fully saturated rings. The molecule has 1 atom stereocenters. The van der Waals surface area contributed by atoms with E-state index >= 15 is 0 Å². The Morgan fingerprint density at radius 3 is 1.98 bits per heavy atom. The lowest BCUT2D eigenvalue weighted by Crippen LogP contribution is -2.30. The van der Waals surface area contributed by atoms with E-state index in [1.165, 1.54) is 23.9 Å². The minimum Gasteiger partial charge on any atom is -0.478 e. The van der Waals surface area contributed by atoms with Gasteiger partial charge in [-0.25, -0.2) is 4.79 Å². The Balaban J connectivity index is 1.32. The standard InChI is InChI=1S/C37H28ClN3O5S/c38-28-16-14-24(15-17-28)22-32(41-34(42)26-10-5-2-6-11-26)35(43)39-29-18-20-31(21-19-29)47-33(25-8-3-1-4-9-25)36(44)40-30-13-7-12-27(23-30)37(45)46/h1-23,33H,(H,39,43)(H,40,44)(H,41,42)(H,45,46)/b32-22-. The summed E-state index contributed by atoms with van der Waals surface area (Å²) in [5.41, 5.74) is 2.77. The lowest BCUT2D eigenvalue weighted by molar-refractivity contribution is -0.116. The average molecular weight is 662 g/mol. The van der Waals surface area contributed by atoms with E-state index in [1.54, 1.807) is 97.1 Å². The normalized spacial score (nSPS) is 11.6. The Kier molecular flexibility index (Phi) is 10.9. The van der Waals surface area contributed by atoms with E-state index in [-0.39, 0.29) is 17.2 Å². The molecular formula is C37H28ClN3O5S. The molecular weight excluding hydrogens is 634 g/mol. The van der Waals surface area contributed by atoms with Gasteiger partial charge in [-0.2, -0.15) is 0 Å². The fraction of sp³-hybridized carbons (Fsp3) is 0.0270. The second-order valence-electron chi connectivity index (χ2n) is 10.2. The zero-order valence-corrected chi connectivity index (χ0v) is 26.3. The van der Waals surface area contributed by atoms with E-state index in [0.29, 0.717) is 27.5 Å². The molecule has 0 aliphatic heterocycles. The van der Waals surface area contributed by atoms with Crippen molar-refractivity contribution in [3.8, 4) is 0 Å². The largest absolute Gasteiger partial charge is 0.478 e. The molecule has 5 aromatic carbocycles. The Labute approximate surface area is 280 Å². The van der Waals surface area contributed by atoms with Crippen molar-refractivity contribution in [3.63, 3.8) is 0 Å². The summed E-state index contributed by atoms with van der Waals surface area (Å²) in [5.74, 6) is -2.39. The van der Waals surface area contributed by atoms with Crippen LogP contribution in [0.2, 0.25) is 5.02 Å². The van der Waals surface area contributed by atoms with Crippen LogP contribution in [0.4, 0.5) is 11.4 Å². The molecule has 0 heterocycles. The summed E-state index contributed by atoms with van der Waals surface area (Å²) in [7, 11) is 0. The van der Waals surface area contributed by atoms with Crippen LogP contribution in [0, 0.1) is 0 Å². The van der Waals surface area contributed by atoms with Gasteiger partial charge in [-0.15, -0.1) is 11.8 Å². The maximum Gasteiger partial charge on any atom is 0.335 e. The second-order valence-corrected chi connectivity index (χ2v) is 11.8. The summed E-state index contributed by atoms with van der Waals surface area (Å²) in [6, 6.07) is 37.7. The number of carbonyl (C=O) groups is 4. The number of hydrogen-bond acceptors (Lipinski definition) is 5. The van der Waals surface area contributed by atoms with Crippen LogP contribution in [0.5, 0.6) is 0 Å². The maximum absolute atomic E-state index is 13.5. The molecule has 5 rings (SSSR count). The van der Waals surface area contributed by atoms with E-state index in [0.717, 1.165) is 10.5 Å². The van der Waals surface area contributed by atoms with Crippen LogP contribution >= 0.6 is 23.4 Å². The smallest absolute Gasteiger partial charge is 0.335 e. The van der Waals surface area contributed by atoms with Crippen LogP contribution < -0.4 is 16.0 Å². The molecule has 0 bridgehead atoms. The molecule has 0 aliphatic rings. The number of amides is 3. The highest BCUT2D eigenvalue weighted by atomic mass is 35.5. The van der Waals surface area contributed by atoms with Crippen molar-refractivity contribution in [1.29, 1.82) is 0 Å². The van der Waals surface area contributed by atoms with Crippen molar-refractivity contribution in [1.82, 2.24) is 5.32 Å². The first-order chi connectivity index (χ1) is 22.7. The van der Waals surface area contributed by atoms with Crippen molar-refractivity contribution in [2.45, 2.75) is 10.1 Å². The number of halogens is 1. The van der Waals surface area contributed by atoms with E-state index in [2.05, 4.69) is 16.0 Å². The number of thioether (sulfide) groups is 1. The highest BCUT2D eigenvalue weighted by molar-refractivity contribution is 8.00. The second kappa shape index (κ2) is 15.6. The minimum atomic E-state index is -1.09. The highest BCUT2D eigenvalue weighted by Gasteiger charge is 2.23. The summed E-state index contributed by atoms with van der Waals surface area (Å²) < 4.78 is 0. The monoisotopic (exact) mass is 661 g/mol. The minimum absolute atomic E-state index is 0.0346. The quantitative estimate of drug-likeness (QED) is 0.0842. The van der Waals surface area contributed by atoms with Gasteiger partial charge in [0.2, 0.25) is 5.91 Å². The van der Waals surface area contributed by atoms with Crippen molar-refractivity contribution < 1.29 is 24.3 Å². The third-order valence-electron chi connectivity index (χ3n) is 6.79. The third kappa shape index (κ3) is 9.20. The Hall–Kier alpha value is -5.64. The molecule has 0 aromatic heterocycles. The lowest BCUT2D eigenvalue weighted by atomic mass is 10.1. The molecule has 0 saturated heterocycles. The molecule has 8 nitrogen and oxygen atoms in total. The summed E-state index contributed by atoms with van der Waals surface area (Å²) in [6.07, 6.45) is 1.56. The molecule has 47 heavy (non-hydrogen) atoms. The lowest BCUT2D eigenvalue weighted by Gasteiger charge is -2.18. The fourth-order valence-corrected chi connectivity index (χ4v) is 5.61. The number of nitrogens with one attached hydrogen (secondary N) is 3. The van der Waals surface area contributed by atoms with Gasteiger partial charge < -0.3 is 21.1 Å². The van der Waals surface area contributed by atoms with Gasteiger partial charge in [0.25, 0.3) is 11.8 Å². The summed E-state index contributed by atoms with van der Waals surface area (Å²) in [6.45, 7) is 0. The van der Waals surface area contributed by atoms with E-state index in [1.807, 2.05) is 30.3 Å². The van der Waals surface area contributed by atoms with Gasteiger partial charge in [0.15, 0.2) is 0 Å². The van der Waals surface area contributed by atoms with Gasteiger partial charge >= 0.3 is 5.97 Å². The predicted molar refractivity (Wildman–Crippen MR) is 185 cm³/mol. The molecule has 234 valence electrons. The molecule has 3 amide bonds. The van der Waals surface area contributed by atoms with Crippen LogP contribution in [-0.2, 0) is 9.59 Å². The molecule has 10 heteroatoms. The van der Waals surface area contributed by atoms with Crippen LogP contribution in [0.15, 0.2) is 144 Å². The first-order valence-corrected chi connectivity index (χ1v) is 15.6. The maximum atomic E-state index is 13.5. The first-order valence-electron chi connectivity index (χ1n) is 14.4. The molecule has 0 saturated carbocycles. The molecule has 4 N–H and O–H groups in total. The Bertz CT molecular complexity index is 1920. The van der Waals surface area contributed by atoms with Gasteiger partial charge in [-0.1, -0.05) is 78.3 Å². The summed E-state index contributed by atoms with van der Waals surface area (Å²) in [5, 5.41) is 17.6. The number of hydrogen-bond donors (Lipinski definition) is 4. The number of anilines is 2. The first kappa shape index (κ1) is 32.7. The van der Waals surface area contributed by atoms with Crippen molar-refractivity contribution in [3.05, 3.63) is 166 Å². The van der Waals surface area contributed by atoms with Gasteiger partial charge in [0.1, 0.15) is 10.9 Å². The number of carbonyl (C=O) groups excluding carboxylic acids is 3. The number of benzene rings is 5. The van der Waals surface area contributed by atoms with Crippen LogP contribution in [0.1, 0.15) is 37.1 Å². The fourth-order valence-electron chi connectivity index (χ4n) is 4.46. The number of aromatic carboxylic acids is 1. The topological polar surface area (TPSA) is 125 Å². The predicted octanol–water partition coefficient (Wildman–Crippen LogP) is 7.92. The Morgan fingerprint density at radius 1 is 0.681 bits per heavy atom. The summed E-state index contributed by atoms with van der Waals surface area (Å²) in [4.78, 5) is 51.9.